The summed E-state index contributed by atoms with van der Waals surface area (Å²) in [6.45, 7) is 2.12. The van der Waals surface area contributed by atoms with Crippen molar-refractivity contribution in [3.8, 4) is 5.75 Å². The highest BCUT2D eigenvalue weighted by molar-refractivity contribution is 9.10. The number of aliphatic hydroxyl groups excluding tert-OH is 1. The third-order valence-corrected chi connectivity index (χ3v) is 4.51. The van der Waals surface area contributed by atoms with Crippen LogP contribution in [-0.2, 0) is 4.79 Å². The van der Waals surface area contributed by atoms with Crippen LogP contribution < -0.4 is 10.1 Å². The van der Waals surface area contributed by atoms with Crippen molar-refractivity contribution in [1.29, 1.82) is 0 Å². The lowest BCUT2D eigenvalue weighted by Gasteiger charge is -2.39. The van der Waals surface area contributed by atoms with Crippen LogP contribution in [-0.4, -0.2) is 29.8 Å². The molecule has 0 spiro atoms. The lowest BCUT2D eigenvalue weighted by molar-refractivity contribution is -0.126. The molecule has 1 saturated carbocycles. The van der Waals surface area contributed by atoms with Gasteiger partial charge in [-0.15, -0.1) is 0 Å². The molecule has 2 N–H and O–H groups in total. The molecule has 1 aliphatic rings. The highest BCUT2D eigenvalue weighted by Gasteiger charge is 2.35. The normalized spacial score (nSPS) is 25.4. The number of rotatable bonds is 5. The van der Waals surface area contributed by atoms with Gasteiger partial charge in [-0.1, -0.05) is 35.7 Å². The van der Waals surface area contributed by atoms with E-state index in [-0.39, 0.29) is 19.1 Å². The third-order valence-electron chi connectivity index (χ3n) is 3.98. The van der Waals surface area contributed by atoms with Crippen molar-refractivity contribution < 1.29 is 14.6 Å². The largest absolute Gasteiger partial charge is 0.484 e. The molecule has 0 heterocycles. The summed E-state index contributed by atoms with van der Waals surface area (Å²) in [7, 11) is 0. The Kier molecular flexibility index (Phi) is 5.65. The lowest BCUT2D eigenvalue weighted by atomic mass is 9.77. The van der Waals surface area contributed by atoms with E-state index in [1.807, 2.05) is 24.3 Å². The molecule has 0 aliphatic heterocycles. The van der Waals surface area contributed by atoms with E-state index in [2.05, 4.69) is 28.2 Å². The van der Waals surface area contributed by atoms with Crippen molar-refractivity contribution in [2.45, 2.75) is 38.1 Å². The number of ether oxygens (including phenoxy) is 1. The predicted molar refractivity (Wildman–Crippen MR) is 85.2 cm³/mol. The molecule has 1 aromatic rings. The van der Waals surface area contributed by atoms with Crippen LogP contribution in [0.5, 0.6) is 5.75 Å². The standard InChI is InChI=1S/C16H22BrNO3/c1-12-3-2-8-16(9-12,11-19)18-15(20)10-21-14-6-4-13(17)5-7-14/h4-7,12,19H,2-3,8-11H2,1H3,(H,18,20). The van der Waals surface area contributed by atoms with Crippen LogP contribution in [0.4, 0.5) is 0 Å². The topological polar surface area (TPSA) is 58.6 Å². The van der Waals surface area contributed by atoms with Crippen molar-refractivity contribution in [1.82, 2.24) is 5.32 Å². The number of nitrogens with one attached hydrogen (secondary N) is 1. The summed E-state index contributed by atoms with van der Waals surface area (Å²) in [5, 5.41) is 12.6. The predicted octanol–water partition coefficient (Wildman–Crippen LogP) is 2.89. The SMILES string of the molecule is CC1CCCC(CO)(NC(=O)COc2ccc(Br)cc2)C1. The second kappa shape index (κ2) is 7.27. The summed E-state index contributed by atoms with van der Waals surface area (Å²) < 4.78 is 6.43. The number of hydrogen-bond acceptors (Lipinski definition) is 3. The van der Waals surface area contributed by atoms with E-state index in [0.29, 0.717) is 11.7 Å². The van der Waals surface area contributed by atoms with Crippen molar-refractivity contribution >= 4 is 21.8 Å². The molecule has 116 valence electrons. The number of aliphatic hydroxyl groups is 1. The second-order valence-corrected chi connectivity index (χ2v) is 6.85. The molecule has 1 aliphatic carbocycles. The first kappa shape index (κ1) is 16.3. The van der Waals surface area contributed by atoms with Gasteiger partial charge in [0.05, 0.1) is 12.1 Å². The van der Waals surface area contributed by atoms with Gasteiger partial charge in [0, 0.05) is 4.47 Å². The van der Waals surface area contributed by atoms with E-state index in [1.165, 1.54) is 0 Å². The number of amides is 1. The summed E-state index contributed by atoms with van der Waals surface area (Å²) in [6, 6.07) is 7.35. The van der Waals surface area contributed by atoms with Crippen LogP contribution >= 0.6 is 15.9 Å². The van der Waals surface area contributed by atoms with Crippen LogP contribution in [0.2, 0.25) is 0 Å². The van der Waals surface area contributed by atoms with Gasteiger partial charge in [0.2, 0.25) is 0 Å². The highest BCUT2D eigenvalue weighted by atomic mass is 79.9. The van der Waals surface area contributed by atoms with Crippen LogP contribution in [0.3, 0.4) is 0 Å². The Morgan fingerprint density at radius 1 is 1.48 bits per heavy atom. The molecule has 0 aromatic heterocycles. The van der Waals surface area contributed by atoms with E-state index < -0.39 is 5.54 Å². The summed E-state index contributed by atoms with van der Waals surface area (Å²) in [5.74, 6) is 1.00. The maximum Gasteiger partial charge on any atom is 0.258 e. The third kappa shape index (κ3) is 4.71. The fraction of sp³-hybridized carbons (Fsp3) is 0.562. The number of carbonyl (C=O) groups is 1. The monoisotopic (exact) mass is 355 g/mol. The molecular weight excluding hydrogens is 334 g/mol. The van der Waals surface area contributed by atoms with Crippen molar-refractivity contribution in [3.05, 3.63) is 28.7 Å². The van der Waals surface area contributed by atoms with Gasteiger partial charge in [0.1, 0.15) is 5.75 Å². The maximum atomic E-state index is 12.1. The number of halogens is 1. The zero-order chi connectivity index (χ0) is 15.3. The Balaban J connectivity index is 1.86. The molecule has 2 unspecified atom stereocenters. The quantitative estimate of drug-likeness (QED) is 0.853. The maximum absolute atomic E-state index is 12.1. The van der Waals surface area contributed by atoms with E-state index in [9.17, 15) is 9.90 Å². The average molecular weight is 356 g/mol. The van der Waals surface area contributed by atoms with Crippen LogP contribution in [0.1, 0.15) is 32.6 Å². The van der Waals surface area contributed by atoms with Gasteiger partial charge >= 0.3 is 0 Å². The molecule has 2 atom stereocenters. The molecule has 0 radical (unpaired) electrons. The van der Waals surface area contributed by atoms with Gasteiger partial charge in [0.25, 0.3) is 5.91 Å². The van der Waals surface area contributed by atoms with Crippen molar-refractivity contribution in [2.75, 3.05) is 13.2 Å². The summed E-state index contributed by atoms with van der Waals surface area (Å²) in [4.78, 5) is 12.1. The van der Waals surface area contributed by atoms with Gasteiger partial charge in [-0.25, -0.2) is 0 Å². The van der Waals surface area contributed by atoms with E-state index in [0.717, 1.165) is 30.2 Å². The first-order valence-corrected chi connectivity index (χ1v) is 8.12. The van der Waals surface area contributed by atoms with Crippen LogP contribution in [0.15, 0.2) is 28.7 Å². The number of benzene rings is 1. The first-order valence-electron chi connectivity index (χ1n) is 7.33. The zero-order valence-electron chi connectivity index (χ0n) is 12.3. The molecule has 2 rings (SSSR count). The Morgan fingerprint density at radius 2 is 2.19 bits per heavy atom. The van der Waals surface area contributed by atoms with Gasteiger partial charge < -0.3 is 15.2 Å². The highest BCUT2D eigenvalue weighted by Crippen LogP contribution is 2.31. The Morgan fingerprint density at radius 3 is 2.81 bits per heavy atom. The summed E-state index contributed by atoms with van der Waals surface area (Å²) >= 11 is 3.35. The van der Waals surface area contributed by atoms with Gasteiger partial charge in [0.15, 0.2) is 6.61 Å². The molecule has 4 nitrogen and oxygen atoms in total. The summed E-state index contributed by atoms with van der Waals surface area (Å²) in [5.41, 5.74) is -0.474. The number of carbonyl (C=O) groups excluding carboxylic acids is 1. The smallest absolute Gasteiger partial charge is 0.258 e. The van der Waals surface area contributed by atoms with Crippen molar-refractivity contribution in [3.63, 3.8) is 0 Å². The minimum absolute atomic E-state index is 0.0125. The zero-order valence-corrected chi connectivity index (χ0v) is 13.9. The second-order valence-electron chi connectivity index (χ2n) is 5.93. The van der Waals surface area contributed by atoms with E-state index in [4.69, 9.17) is 4.74 Å². The average Bonchev–Trinajstić information content (AvgIpc) is 2.46. The Hall–Kier alpha value is -1.07. The first-order chi connectivity index (χ1) is 10.0. The fourth-order valence-electron chi connectivity index (χ4n) is 2.97. The molecule has 0 bridgehead atoms. The molecule has 5 heteroatoms. The summed E-state index contributed by atoms with van der Waals surface area (Å²) in [6.07, 6.45) is 3.86. The Bertz CT molecular complexity index is 477. The molecule has 21 heavy (non-hydrogen) atoms. The van der Waals surface area contributed by atoms with Crippen molar-refractivity contribution in [2.24, 2.45) is 5.92 Å². The van der Waals surface area contributed by atoms with E-state index >= 15 is 0 Å². The van der Waals surface area contributed by atoms with Crippen LogP contribution in [0.25, 0.3) is 0 Å². The minimum Gasteiger partial charge on any atom is -0.484 e. The molecule has 1 aromatic carbocycles. The number of hydrogen-bond donors (Lipinski definition) is 2. The molecule has 0 saturated heterocycles. The molecule has 1 amide bonds. The van der Waals surface area contributed by atoms with Gasteiger partial charge in [-0.05, 0) is 43.0 Å². The van der Waals surface area contributed by atoms with Gasteiger partial charge in [-0.2, -0.15) is 0 Å². The molecule has 1 fully saturated rings. The fourth-order valence-corrected chi connectivity index (χ4v) is 3.23. The Labute approximate surface area is 134 Å². The minimum atomic E-state index is -0.474. The van der Waals surface area contributed by atoms with E-state index in [1.54, 1.807) is 0 Å². The van der Waals surface area contributed by atoms with Gasteiger partial charge in [-0.3, -0.25) is 4.79 Å². The molecular formula is C16H22BrNO3. The van der Waals surface area contributed by atoms with Crippen LogP contribution in [0, 0.1) is 5.92 Å². The lowest BCUT2D eigenvalue weighted by Crippen LogP contribution is -2.55.